The summed E-state index contributed by atoms with van der Waals surface area (Å²) in [5, 5.41) is 0. The lowest BCUT2D eigenvalue weighted by molar-refractivity contribution is -0.248. The zero-order valence-corrected chi connectivity index (χ0v) is 52.2. The number of hydrogen-bond acceptors (Lipinski definition) is 0. The topological polar surface area (TPSA) is 0 Å². The van der Waals surface area contributed by atoms with Gasteiger partial charge in [-0.2, -0.15) is 96.6 Å². The Morgan fingerprint density at radius 3 is 0.920 bits per heavy atom. The van der Waals surface area contributed by atoms with Gasteiger partial charge in [-0.15, -0.1) is 0 Å². The molecule has 0 spiro atoms. The first-order valence-electron chi connectivity index (χ1n) is 30.9. The van der Waals surface area contributed by atoms with E-state index in [1.54, 1.807) is 27.7 Å². The summed E-state index contributed by atoms with van der Waals surface area (Å²) in [6.45, 7) is 20.4. The lowest BCUT2D eigenvalue weighted by atomic mass is 9.73. The number of rotatable bonds is 0. The van der Waals surface area contributed by atoms with Gasteiger partial charge in [0.2, 0.25) is 5.67 Å². The molecule has 0 aromatic heterocycles. The second kappa shape index (κ2) is 31.1. The normalized spacial score (nSPS) is 43.7. The van der Waals surface area contributed by atoms with Gasteiger partial charge in [-0.05, 0) is 123 Å². The van der Waals surface area contributed by atoms with E-state index in [0.717, 1.165) is 32.6 Å². The molecule has 0 bridgehead atoms. The molecule has 0 radical (unpaired) electrons. The van der Waals surface area contributed by atoms with Crippen LogP contribution in [0.1, 0.15) is 184 Å². The average Bonchev–Trinajstić information content (AvgIpc) is 1.54. The van der Waals surface area contributed by atoms with Gasteiger partial charge < -0.3 is 0 Å². The molecule has 21 atom stereocenters. The Morgan fingerprint density at radius 1 is 0.341 bits per heavy atom. The fourth-order valence-electron chi connectivity index (χ4n) is 14.0. The highest BCUT2D eigenvalue weighted by Gasteiger charge is 2.88. The lowest BCUT2D eigenvalue weighted by Gasteiger charge is -2.35. The zero-order valence-electron chi connectivity index (χ0n) is 54.2. The molecule has 528 valence electrons. The van der Waals surface area contributed by atoms with Crippen LogP contribution < -0.4 is 0 Å². The van der Waals surface area contributed by atoms with Crippen LogP contribution in [0, 0.1) is 118 Å². The van der Waals surface area contributed by atoms with Crippen LogP contribution in [-0.4, -0.2) is 79.0 Å². The van der Waals surface area contributed by atoms with Crippen LogP contribution in [0.4, 0.5) is 123 Å². The van der Waals surface area contributed by atoms with E-state index in [2.05, 4.69) is 0 Å². The maximum Gasteiger partial charge on any atom is 0.392 e. The minimum Gasteiger partial charge on any atom is -0.247 e. The maximum atomic E-state index is 12.9. The fourth-order valence-corrected chi connectivity index (χ4v) is 14.0. The van der Waals surface area contributed by atoms with Crippen molar-refractivity contribution in [3.8, 4) is 0 Å². The van der Waals surface area contributed by atoms with Gasteiger partial charge in [-0.1, -0.05) is 123 Å². The molecule has 0 aliphatic heterocycles. The third-order valence-electron chi connectivity index (χ3n) is 19.9. The van der Waals surface area contributed by atoms with Crippen LogP contribution in [0.25, 0.3) is 0 Å². The van der Waals surface area contributed by atoms with Crippen LogP contribution in [0.5, 0.6) is 0 Å². The van der Waals surface area contributed by atoms with E-state index in [-0.39, 0.29) is 68.6 Å². The van der Waals surface area contributed by atoms with Crippen molar-refractivity contribution < 1.29 is 126 Å². The van der Waals surface area contributed by atoms with Crippen LogP contribution in [0.15, 0.2) is 0 Å². The van der Waals surface area contributed by atoms with Crippen LogP contribution in [-0.2, 0) is 0 Å². The molecule has 0 nitrogen and oxygen atoms in total. The minimum absolute atomic E-state index is 0.0166. The monoisotopic (exact) mass is 1350 g/mol. The second-order valence-electron chi connectivity index (χ2n) is 27.0. The summed E-state index contributed by atoms with van der Waals surface area (Å²) in [7, 11) is 0. The molecule has 7 saturated carbocycles. The molecular weight excluding hydrogens is 1250 g/mol. The van der Waals surface area contributed by atoms with Crippen molar-refractivity contribution in [3.63, 3.8) is 0 Å². The fraction of sp³-hybridized carbons (Fsp3) is 1.00. The third-order valence-corrected chi connectivity index (χ3v) is 19.9. The predicted molar refractivity (Wildman–Crippen MR) is 280 cm³/mol. The molecule has 7 rings (SSSR count). The van der Waals surface area contributed by atoms with E-state index in [1.807, 2.05) is 20.8 Å². The Balaban J connectivity index is 0.000000527. The van der Waals surface area contributed by atoms with Gasteiger partial charge in [0.05, 0.1) is 41.4 Å². The maximum absolute atomic E-state index is 12.9. The second-order valence-corrected chi connectivity index (χ2v) is 27.0. The smallest absolute Gasteiger partial charge is 0.247 e. The highest BCUT2D eigenvalue weighted by atomic mass is 19.4. The standard InChI is InChI=1S/C10H14F6.4C9H15F3.C7H7F7.C7H11F3/c1-4-5(2)8(10(14,15)16)6(3)7(4)9(11,12)13;2*1-6-3-7(2)5-8(4-6)9(10,11)12;2*1-6-4-3-5-8(7(6)2)9(10,11)12;1-3-5(9,10)4(2,8)7(13,14)6(3,11)12;1-3-5(8)4(2)7(10)6(3)9/h4-8H,1-3H3;4*6-8H,3-5H2,1-2H3;3H,1-2H3;3-7H,1-2H3/i;6D;;7D;;;. The number of hydrogen-bond donors (Lipinski definition) is 0. The largest absolute Gasteiger partial charge is 0.392 e. The molecule has 0 heterocycles. The van der Waals surface area contributed by atoms with Gasteiger partial charge in [-0.3, -0.25) is 0 Å². The van der Waals surface area contributed by atoms with Gasteiger partial charge in [-0.25, -0.2) is 26.3 Å². The molecule has 21 unspecified atom stereocenters. The van der Waals surface area contributed by atoms with Crippen LogP contribution in [0.2, 0.25) is 0 Å². The van der Waals surface area contributed by atoms with Crippen molar-refractivity contribution in [3.05, 3.63) is 0 Å². The van der Waals surface area contributed by atoms with Crippen molar-refractivity contribution in [2.24, 2.45) is 118 Å². The van der Waals surface area contributed by atoms with Crippen molar-refractivity contribution in [1.82, 2.24) is 0 Å². The third kappa shape index (κ3) is 21.3. The van der Waals surface area contributed by atoms with Crippen molar-refractivity contribution in [2.45, 2.75) is 260 Å². The zero-order chi connectivity index (χ0) is 71.6. The van der Waals surface area contributed by atoms with Gasteiger partial charge in [0.25, 0.3) is 5.92 Å². The van der Waals surface area contributed by atoms with Crippen LogP contribution in [0.3, 0.4) is 0 Å². The number of halogens is 28. The van der Waals surface area contributed by atoms with E-state index in [4.69, 9.17) is 2.74 Å². The summed E-state index contributed by atoms with van der Waals surface area (Å²) < 4.78 is 367. The first-order chi connectivity index (χ1) is 39.7. The highest BCUT2D eigenvalue weighted by molar-refractivity contribution is 5.19. The first kappa shape index (κ1) is 80.3. The quantitative estimate of drug-likeness (QED) is 0.212. The summed E-state index contributed by atoms with van der Waals surface area (Å²) in [4.78, 5) is 0. The summed E-state index contributed by atoms with van der Waals surface area (Å²) >= 11 is 0. The molecule has 0 saturated heterocycles. The predicted octanol–water partition coefficient (Wildman–Crippen LogP) is 24.3. The Bertz CT molecular complexity index is 2020. The average molecular weight is 1350 g/mol. The minimum atomic E-state index is -5.36. The number of alkyl halides is 28. The molecule has 0 aromatic rings. The van der Waals surface area contributed by atoms with Gasteiger partial charge >= 0.3 is 48.9 Å². The Morgan fingerprint density at radius 2 is 0.682 bits per heavy atom. The summed E-state index contributed by atoms with van der Waals surface area (Å²) in [6.07, 6.45) is -24.1. The van der Waals surface area contributed by atoms with Crippen molar-refractivity contribution in [1.29, 1.82) is 0 Å². The molecule has 0 N–H and O–H groups in total. The Labute approximate surface area is 503 Å². The van der Waals surface area contributed by atoms with E-state index in [0.29, 0.717) is 32.1 Å². The summed E-state index contributed by atoms with van der Waals surface area (Å²) in [5.74, 6) is -33.5. The molecule has 7 aliphatic carbocycles. The molecule has 28 heteroatoms. The van der Waals surface area contributed by atoms with Gasteiger partial charge in [0.15, 0.2) is 0 Å². The molecule has 88 heavy (non-hydrogen) atoms. The Hall–Kier alpha value is -1.96. The lowest BCUT2D eigenvalue weighted by Crippen LogP contribution is -2.52. The molecular formula is C60H92F28. The summed E-state index contributed by atoms with van der Waals surface area (Å²) in [6, 6.07) is 0. The van der Waals surface area contributed by atoms with Crippen LogP contribution >= 0.6 is 0 Å². The van der Waals surface area contributed by atoms with E-state index >= 15 is 0 Å². The molecule has 0 aromatic carbocycles. The van der Waals surface area contributed by atoms with E-state index in [9.17, 15) is 123 Å². The van der Waals surface area contributed by atoms with Gasteiger partial charge in [0, 0.05) is 14.6 Å². The highest BCUT2D eigenvalue weighted by Crippen LogP contribution is 2.65. The SMILES string of the molecule is CC1C(C)C(C(F)(F)F)C(C)C1C(F)(F)F.CC1C(F)(F)C(C)(F)C(F)(F)C1(F)F.CC1C(F)C(C)C(F)C1F.CC1CC(C)CC(C(F)(F)F)C1.CC1CCCC(C(F)(F)F)C1C.[2H]C1(C)C(C)CCCC1C(F)(F)F.[2H]C1(C)CC(C)CC(C(F)(F)F)C1. The first-order valence-corrected chi connectivity index (χ1v) is 29.9. The molecule has 7 fully saturated rings. The van der Waals surface area contributed by atoms with Crippen molar-refractivity contribution >= 4 is 0 Å². The van der Waals surface area contributed by atoms with Crippen molar-refractivity contribution in [2.75, 3.05) is 0 Å². The van der Waals surface area contributed by atoms with E-state index < -0.39 is 162 Å². The van der Waals surface area contributed by atoms with Gasteiger partial charge in [0.1, 0.15) is 18.5 Å². The summed E-state index contributed by atoms with van der Waals surface area (Å²) in [5.41, 5.74) is -4.52. The molecule has 7 aliphatic rings. The Kier molecular flexibility index (Phi) is 28.3. The van der Waals surface area contributed by atoms with E-state index in [1.165, 1.54) is 34.6 Å². The molecule has 0 amide bonds.